The van der Waals surface area contributed by atoms with Crippen LogP contribution in [0.15, 0.2) is 54.9 Å². The van der Waals surface area contributed by atoms with Gasteiger partial charge < -0.3 is 14.5 Å². The van der Waals surface area contributed by atoms with Crippen LogP contribution in [-0.4, -0.2) is 52.8 Å². The minimum Gasteiger partial charge on any atom is -0.493 e. The highest BCUT2D eigenvalue weighted by atomic mass is 16.5. The predicted octanol–water partition coefficient (Wildman–Crippen LogP) is 3.45. The molecule has 2 fully saturated rings. The van der Waals surface area contributed by atoms with Crippen molar-refractivity contribution in [3.8, 4) is 5.75 Å². The molecular formula is C24H29N3O3. The lowest BCUT2D eigenvalue weighted by atomic mass is 9.95. The zero-order chi connectivity index (χ0) is 20.8. The first-order chi connectivity index (χ1) is 14.7. The number of nitrogens with zero attached hydrogens (tertiary/aromatic N) is 3. The topological polar surface area (TPSA) is 62.7 Å². The van der Waals surface area contributed by atoms with Crippen molar-refractivity contribution in [3.63, 3.8) is 0 Å². The van der Waals surface area contributed by atoms with Crippen LogP contribution >= 0.6 is 0 Å². The maximum absolute atomic E-state index is 13.3. The first-order valence-electron chi connectivity index (χ1n) is 10.9. The Balaban J connectivity index is 1.31. The summed E-state index contributed by atoms with van der Waals surface area (Å²) in [5, 5.41) is 0. The number of rotatable bonds is 6. The van der Waals surface area contributed by atoms with Gasteiger partial charge in [0.2, 0.25) is 11.8 Å². The van der Waals surface area contributed by atoms with Crippen LogP contribution < -0.4 is 4.74 Å². The van der Waals surface area contributed by atoms with Crippen LogP contribution in [0.5, 0.6) is 5.75 Å². The highest BCUT2D eigenvalue weighted by Crippen LogP contribution is 2.34. The minimum atomic E-state index is -0.111. The van der Waals surface area contributed by atoms with Crippen molar-refractivity contribution in [1.82, 2.24) is 14.8 Å². The van der Waals surface area contributed by atoms with Crippen molar-refractivity contribution >= 4 is 11.8 Å². The molecule has 3 heterocycles. The Kier molecular flexibility index (Phi) is 6.62. The SMILES string of the molecule is O=C(CCOc1ccccc1)N1CCC[C@@H](C(=O)N2CCC[C@H]2c2ccncc2)C1. The summed E-state index contributed by atoms with van der Waals surface area (Å²) < 4.78 is 5.66. The molecule has 2 atom stereocenters. The lowest BCUT2D eigenvalue weighted by molar-refractivity contribution is -0.141. The number of ether oxygens (including phenoxy) is 1. The summed E-state index contributed by atoms with van der Waals surface area (Å²) in [6.45, 7) is 2.39. The standard InChI is InChI=1S/C24H29N3O3/c28-23(12-17-30-21-7-2-1-3-8-21)26-15-4-6-20(18-26)24(29)27-16-5-9-22(27)19-10-13-25-14-11-19/h1-3,7-8,10-11,13-14,20,22H,4-6,9,12,15-18H2/t20-,22+/m1/s1. The molecule has 0 spiro atoms. The zero-order valence-electron chi connectivity index (χ0n) is 17.3. The Hall–Kier alpha value is -2.89. The molecule has 6 nitrogen and oxygen atoms in total. The second kappa shape index (κ2) is 9.74. The van der Waals surface area contributed by atoms with Crippen molar-refractivity contribution in [2.45, 2.75) is 38.1 Å². The maximum Gasteiger partial charge on any atom is 0.227 e. The molecule has 4 rings (SSSR count). The van der Waals surface area contributed by atoms with Crippen molar-refractivity contribution in [3.05, 3.63) is 60.4 Å². The number of hydrogen-bond acceptors (Lipinski definition) is 4. The van der Waals surface area contributed by atoms with E-state index in [4.69, 9.17) is 4.74 Å². The van der Waals surface area contributed by atoms with Gasteiger partial charge in [-0.25, -0.2) is 0 Å². The Morgan fingerprint density at radius 2 is 1.77 bits per heavy atom. The number of para-hydroxylation sites is 1. The van der Waals surface area contributed by atoms with E-state index in [9.17, 15) is 9.59 Å². The molecule has 6 heteroatoms. The van der Waals surface area contributed by atoms with E-state index in [0.29, 0.717) is 19.6 Å². The van der Waals surface area contributed by atoms with E-state index in [-0.39, 0.29) is 23.8 Å². The number of amides is 2. The number of piperidine rings is 1. The van der Waals surface area contributed by atoms with Crippen molar-refractivity contribution in [2.24, 2.45) is 5.92 Å². The quantitative estimate of drug-likeness (QED) is 0.736. The van der Waals surface area contributed by atoms with E-state index >= 15 is 0 Å². The molecule has 2 aliphatic heterocycles. The third kappa shape index (κ3) is 4.81. The van der Waals surface area contributed by atoms with E-state index in [0.717, 1.165) is 50.1 Å². The summed E-state index contributed by atoms with van der Waals surface area (Å²) in [6.07, 6.45) is 7.63. The van der Waals surface area contributed by atoms with E-state index in [2.05, 4.69) is 4.98 Å². The highest BCUT2D eigenvalue weighted by Gasteiger charge is 2.36. The van der Waals surface area contributed by atoms with Crippen LogP contribution in [0.25, 0.3) is 0 Å². The van der Waals surface area contributed by atoms with Crippen LogP contribution in [0.3, 0.4) is 0 Å². The average Bonchev–Trinajstić information content (AvgIpc) is 3.30. The number of benzene rings is 1. The number of carbonyl (C=O) groups is 2. The molecule has 2 amide bonds. The fourth-order valence-corrected chi connectivity index (χ4v) is 4.53. The number of pyridine rings is 1. The van der Waals surface area contributed by atoms with Crippen LogP contribution in [0.1, 0.15) is 43.7 Å². The second-order valence-electron chi connectivity index (χ2n) is 8.06. The number of likely N-dealkylation sites (tertiary alicyclic amines) is 2. The van der Waals surface area contributed by atoms with Gasteiger partial charge in [0, 0.05) is 32.0 Å². The molecule has 0 saturated carbocycles. The molecule has 0 bridgehead atoms. The average molecular weight is 408 g/mol. The first-order valence-corrected chi connectivity index (χ1v) is 10.9. The largest absolute Gasteiger partial charge is 0.493 e. The number of carbonyl (C=O) groups excluding carboxylic acids is 2. The number of aromatic nitrogens is 1. The molecule has 0 N–H and O–H groups in total. The van der Waals surface area contributed by atoms with E-state index < -0.39 is 0 Å². The molecule has 158 valence electrons. The summed E-state index contributed by atoms with van der Waals surface area (Å²) in [4.78, 5) is 33.9. The summed E-state index contributed by atoms with van der Waals surface area (Å²) in [5.41, 5.74) is 1.15. The van der Waals surface area contributed by atoms with Crippen LogP contribution in [-0.2, 0) is 9.59 Å². The Labute approximate surface area is 177 Å². The van der Waals surface area contributed by atoms with Crippen molar-refractivity contribution < 1.29 is 14.3 Å². The molecule has 2 aromatic rings. The lowest BCUT2D eigenvalue weighted by Crippen LogP contribution is -2.46. The molecule has 1 aromatic carbocycles. The third-order valence-electron chi connectivity index (χ3n) is 6.08. The Bertz CT molecular complexity index is 843. The normalized spacial score (nSPS) is 21.5. The molecular weight excluding hydrogens is 378 g/mol. The van der Waals surface area contributed by atoms with Crippen LogP contribution in [0.2, 0.25) is 0 Å². The van der Waals surface area contributed by atoms with Gasteiger partial charge in [-0.3, -0.25) is 14.6 Å². The van der Waals surface area contributed by atoms with Crippen LogP contribution in [0.4, 0.5) is 0 Å². The van der Waals surface area contributed by atoms with E-state index in [1.807, 2.05) is 52.3 Å². The first kappa shape index (κ1) is 20.4. The molecule has 30 heavy (non-hydrogen) atoms. The summed E-state index contributed by atoms with van der Waals surface area (Å²) in [7, 11) is 0. The van der Waals surface area contributed by atoms with Crippen LogP contribution in [0, 0.1) is 5.92 Å². The zero-order valence-corrected chi connectivity index (χ0v) is 17.3. The van der Waals surface area contributed by atoms with Gasteiger partial charge in [0.25, 0.3) is 0 Å². The smallest absolute Gasteiger partial charge is 0.227 e. The minimum absolute atomic E-state index is 0.0653. The molecule has 0 radical (unpaired) electrons. The van der Waals surface area contributed by atoms with E-state index in [1.165, 1.54) is 0 Å². The summed E-state index contributed by atoms with van der Waals surface area (Å²) >= 11 is 0. The summed E-state index contributed by atoms with van der Waals surface area (Å²) in [5.74, 6) is 0.913. The van der Waals surface area contributed by atoms with Gasteiger partial charge in [-0.1, -0.05) is 18.2 Å². The van der Waals surface area contributed by atoms with Crippen molar-refractivity contribution in [2.75, 3.05) is 26.2 Å². The molecule has 0 aliphatic carbocycles. The molecule has 2 saturated heterocycles. The fraction of sp³-hybridized carbons (Fsp3) is 0.458. The number of hydrogen-bond donors (Lipinski definition) is 0. The molecule has 2 aliphatic rings. The van der Waals surface area contributed by atoms with Crippen molar-refractivity contribution in [1.29, 1.82) is 0 Å². The summed E-state index contributed by atoms with van der Waals surface area (Å²) in [6, 6.07) is 13.7. The van der Waals surface area contributed by atoms with E-state index in [1.54, 1.807) is 12.4 Å². The van der Waals surface area contributed by atoms with Gasteiger partial charge >= 0.3 is 0 Å². The molecule has 0 unspecified atom stereocenters. The maximum atomic E-state index is 13.3. The fourth-order valence-electron chi connectivity index (χ4n) is 4.53. The van der Waals surface area contributed by atoms with Gasteiger partial charge in [-0.05, 0) is 55.5 Å². The van der Waals surface area contributed by atoms with Gasteiger partial charge in [0.1, 0.15) is 5.75 Å². The van der Waals surface area contributed by atoms with Gasteiger partial charge in [-0.2, -0.15) is 0 Å². The Morgan fingerprint density at radius 3 is 2.57 bits per heavy atom. The highest BCUT2D eigenvalue weighted by molar-refractivity contribution is 5.82. The van der Waals surface area contributed by atoms with Gasteiger partial charge in [-0.15, -0.1) is 0 Å². The lowest BCUT2D eigenvalue weighted by Gasteiger charge is -2.35. The third-order valence-corrected chi connectivity index (χ3v) is 6.08. The second-order valence-corrected chi connectivity index (χ2v) is 8.06. The predicted molar refractivity (Wildman–Crippen MR) is 114 cm³/mol. The van der Waals surface area contributed by atoms with Gasteiger partial charge in [0.15, 0.2) is 0 Å². The Morgan fingerprint density at radius 1 is 1.00 bits per heavy atom. The monoisotopic (exact) mass is 407 g/mol. The van der Waals surface area contributed by atoms with Gasteiger partial charge in [0.05, 0.1) is 25.0 Å². The molecule has 1 aromatic heterocycles.